The number of hydrogen-bond donors (Lipinski definition) is 2. The lowest BCUT2D eigenvalue weighted by atomic mass is 9.92. The molecular formula is C15H29N3O2. The molecule has 5 heteroatoms. The molecule has 0 saturated carbocycles. The summed E-state index contributed by atoms with van der Waals surface area (Å²) in [6, 6.07) is 0.126. The van der Waals surface area contributed by atoms with Crippen LogP contribution in [0.2, 0.25) is 0 Å². The summed E-state index contributed by atoms with van der Waals surface area (Å²) in [6.45, 7) is 10.9. The average molecular weight is 283 g/mol. The lowest BCUT2D eigenvalue weighted by molar-refractivity contribution is -0.140. The van der Waals surface area contributed by atoms with Crippen LogP contribution in [0.15, 0.2) is 0 Å². The fourth-order valence-electron chi connectivity index (χ4n) is 2.21. The van der Waals surface area contributed by atoms with E-state index in [9.17, 15) is 9.59 Å². The van der Waals surface area contributed by atoms with Gasteiger partial charge in [0.2, 0.25) is 11.8 Å². The Balaban J connectivity index is 2.48. The van der Waals surface area contributed by atoms with Gasteiger partial charge in [0.15, 0.2) is 0 Å². The van der Waals surface area contributed by atoms with Crippen LogP contribution >= 0.6 is 0 Å². The van der Waals surface area contributed by atoms with Crippen LogP contribution in [0.3, 0.4) is 0 Å². The summed E-state index contributed by atoms with van der Waals surface area (Å²) in [6.07, 6.45) is 2.21. The predicted octanol–water partition coefficient (Wildman–Crippen LogP) is 1.27. The molecule has 0 aromatic carbocycles. The zero-order valence-electron chi connectivity index (χ0n) is 13.5. The van der Waals surface area contributed by atoms with Gasteiger partial charge >= 0.3 is 0 Å². The van der Waals surface area contributed by atoms with Crippen molar-refractivity contribution in [2.45, 2.75) is 65.5 Å². The smallest absolute Gasteiger partial charge is 0.240 e. The number of nitrogens with two attached hydrogens (primary N) is 1. The number of likely N-dealkylation sites (tertiary alicyclic amines) is 1. The van der Waals surface area contributed by atoms with Crippen molar-refractivity contribution in [1.29, 1.82) is 0 Å². The molecule has 20 heavy (non-hydrogen) atoms. The number of hydrogen-bond acceptors (Lipinski definition) is 3. The van der Waals surface area contributed by atoms with Crippen molar-refractivity contribution < 1.29 is 9.59 Å². The predicted molar refractivity (Wildman–Crippen MR) is 80.1 cm³/mol. The van der Waals surface area contributed by atoms with E-state index in [1.54, 1.807) is 6.92 Å². The molecule has 0 bridgehead atoms. The van der Waals surface area contributed by atoms with Crippen LogP contribution in [0.1, 0.15) is 53.9 Å². The molecule has 0 aliphatic carbocycles. The first-order chi connectivity index (χ1) is 9.08. The molecule has 116 valence electrons. The van der Waals surface area contributed by atoms with Crippen LogP contribution in [-0.2, 0) is 9.59 Å². The van der Waals surface area contributed by atoms with E-state index in [2.05, 4.69) is 5.32 Å². The van der Waals surface area contributed by atoms with Gasteiger partial charge in [-0.05, 0) is 26.2 Å². The third-order valence-electron chi connectivity index (χ3n) is 4.01. The summed E-state index contributed by atoms with van der Waals surface area (Å²) in [5.41, 5.74) is 4.79. The molecule has 0 radical (unpaired) electrons. The molecule has 1 heterocycles. The number of piperidine rings is 1. The zero-order valence-corrected chi connectivity index (χ0v) is 13.5. The van der Waals surface area contributed by atoms with E-state index in [0.29, 0.717) is 19.5 Å². The Morgan fingerprint density at radius 2 is 1.70 bits per heavy atom. The Hall–Kier alpha value is -1.10. The largest absolute Gasteiger partial charge is 0.352 e. The van der Waals surface area contributed by atoms with E-state index in [1.807, 2.05) is 32.6 Å². The second-order valence-electron chi connectivity index (χ2n) is 7.06. The van der Waals surface area contributed by atoms with Gasteiger partial charge in [0.05, 0.1) is 5.54 Å². The van der Waals surface area contributed by atoms with Crippen molar-refractivity contribution in [2.24, 2.45) is 11.1 Å². The summed E-state index contributed by atoms with van der Waals surface area (Å²) >= 11 is 0. The quantitative estimate of drug-likeness (QED) is 0.819. The van der Waals surface area contributed by atoms with Crippen LogP contribution in [0, 0.1) is 5.41 Å². The standard InChI is InChI=1S/C15H29N3O2/c1-6-15(5,16)12(19)17-11-7-9-18(10-8-11)13(20)14(2,3)4/h11H,6-10,16H2,1-5H3,(H,17,19). The minimum atomic E-state index is -0.807. The lowest BCUT2D eigenvalue weighted by Crippen LogP contribution is -2.56. The number of rotatable bonds is 3. The van der Waals surface area contributed by atoms with Crippen molar-refractivity contribution in [2.75, 3.05) is 13.1 Å². The lowest BCUT2D eigenvalue weighted by Gasteiger charge is -2.36. The van der Waals surface area contributed by atoms with Gasteiger partial charge in [-0.2, -0.15) is 0 Å². The summed E-state index contributed by atoms with van der Waals surface area (Å²) in [7, 11) is 0. The zero-order chi connectivity index (χ0) is 15.6. The maximum Gasteiger partial charge on any atom is 0.240 e. The number of nitrogens with one attached hydrogen (secondary N) is 1. The Morgan fingerprint density at radius 1 is 1.20 bits per heavy atom. The number of amides is 2. The second kappa shape index (κ2) is 6.12. The van der Waals surface area contributed by atoms with E-state index in [0.717, 1.165) is 12.8 Å². The molecule has 0 spiro atoms. The van der Waals surface area contributed by atoms with Gasteiger partial charge in [0, 0.05) is 24.5 Å². The molecule has 3 N–H and O–H groups in total. The summed E-state index contributed by atoms with van der Waals surface area (Å²) in [5.74, 6) is 0.0834. The molecule has 1 fully saturated rings. The van der Waals surface area contributed by atoms with Gasteiger partial charge in [-0.15, -0.1) is 0 Å². The van der Waals surface area contributed by atoms with Crippen molar-refractivity contribution >= 4 is 11.8 Å². The molecule has 2 amide bonds. The first-order valence-corrected chi connectivity index (χ1v) is 7.47. The molecule has 1 unspecified atom stereocenters. The van der Waals surface area contributed by atoms with Crippen LogP contribution in [0.5, 0.6) is 0 Å². The molecule has 1 aliphatic heterocycles. The molecule has 1 rings (SSSR count). The van der Waals surface area contributed by atoms with Crippen molar-refractivity contribution in [3.8, 4) is 0 Å². The minimum Gasteiger partial charge on any atom is -0.352 e. The summed E-state index contributed by atoms with van der Waals surface area (Å²) in [5, 5.41) is 3.01. The SMILES string of the molecule is CCC(C)(N)C(=O)NC1CCN(C(=O)C(C)(C)C)CC1. The van der Waals surface area contributed by atoms with E-state index in [4.69, 9.17) is 5.73 Å². The molecule has 0 aromatic rings. The third kappa shape index (κ3) is 4.20. The number of nitrogens with zero attached hydrogens (tertiary/aromatic N) is 1. The van der Waals surface area contributed by atoms with Crippen LogP contribution in [-0.4, -0.2) is 41.4 Å². The Morgan fingerprint density at radius 3 is 2.10 bits per heavy atom. The first-order valence-electron chi connectivity index (χ1n) is 7.47. The van der Waals surface area contributed by atoms with Gasteiger partial charge in [-0.25, -0.2) is 0 Å². The maximum atomic E-state index is 12.2. The second-order valence-corrected chi connectivity index (χ2v) is 7.06. The van der Waals surface area contributed by atoms with E-state index < -0.39 is 5.54 Å². The number of carbonyl (C=O) groups excluding carboxylic acids is 2. The maximum absolute atomic E-state index is 12.2. The van der Waals surface area contributed by atoms with Crippen LogP contribution in [0.4, 0.5) is 0 Å². The van der Waals surface area contributed by atoms with E-state index in [-0.39, 0.29) is 23.3 Å². The van der Waals surface area contributed by atoms with Crippen molar-refractivity contribution in [1.82, 2.24) is 10.2 Å². The van der Waals surface area contributed by atoms with E-state index in [1.165, 1.54) is 0 Å². The fraction of sp³-hybridized carbons (Fsp3) is 0.867. The highest BCUT2D eigenvalue weighted by molar-refractivity contribution is 5.85. The first kappa shape index (κ1) is 17.0. The van der Waals surface area contributed by atoms with Gasteiger partial charge in [-0.1, -0.05) is 27.7 Å². The van der Waals surface area contributed by atoms with Crippen molar-refractivity contribution in [3.05, 3.63) is 0 Å². The molecule has 1 aliphatic rings. The molecule has 1 atom stereocenters. The highest BCUT2D eigenvalue weighted by Crippen LogP contribution is 2.21. The van der Waals surface area contributed by atoms with Gasteiger partial charge in [0.25, 0.3) is 0 Å². The third-order valence-corrected chi connectivity index (χ3v) is 4.01. The van der Waals surface area contributed by atoms with Gasteiger partial charge in [0.1, 0.15) is 0 Å². The van der Waals surface area contributed by atoms with Crippen LogP contribution in [0.25, 0.3) is 0 Å². The average Bonchev–Trinajstić information content (AvgIpc) is 2.37. The highest BCUT2D eigenvalue weighted by Gasteiger charge is 2.32. The number of carbonyl (C=O) groups is 2. The van der Waals surface area contributed by atoms with Gasteiger partial charge < -0.3 is 16.0 Å². The molecule has 0 aromatic heterocycles. The highest BCUT2D eigenvalue weighted by atomic mass is 16.2. The molecule has 5 nitrogen and oxygen atoms in total. The van der Waals surface area contributed by atoms with Gasteiger partial charge in [-0.3, -0.25) is 9.59 Å². The Labute approximate surface area is 122 Å². The Kier molecular flexibility index (Phi) is 5.19. The molecule has 1 saturated heterocycles. The normalized spacial score (nSPS) is 20.4. The van der Waals surface area contributed by atoms with Crippen molar-refractivity contribution in [3.63, 3.8) is 0 Å². The molecular weight excluding hydrogens is 254 g/mol. The minimum absolute atomic E-state index is 0.0967. The summed E-state index contributed by atoms with van der Waals surface area (Å²) in [4.78, 5) is 26.1. The van der Waals surface area contributed by atoms with E-state index >= 15 is 0 Å². The topological polar surface area (TPSA) is 75.4 Å². The Bertz CT molecular complexity index is 364. The van der Waals surface area contributed by atoms with Crippen LogP contribution < -0.4 is 11.1 Å². The summed E-state index contributed by atoms with van der Waals surface area (Å²) < 4.78 is 0. The monoisotopic (exact) mass is 283 g/mol. The fourth-order valence-corrected chi connectivity index (χ4v) is 2.21.